The molecule has 0 fully saturated rings. The van der Waals surface area contributed by atoms with Crippen molar-refractivity contribution in [2.45, 2.75) is 26.2 Å². The van der Waals surface area contributed by atoms with Crippen LogP contribution in [-0.4, -0.2) is 12.5 Å². The summed E-state index contributed by atoms with van der Waals surface area (Å²) < 4.78 is 5.56. The van der Waals surface area contributed by atoms with Gasteiger partial charge in [0.2, 0.25) is 0 Å². The van der Waals surface area contributed by atoms with Gasteiger partial charge in [-0.3, -0.25) is 4.79 Å². The molecule has 0 aliphatic rings. The molecule has 0 saturated heterocycles. The lowest BCUT2D eigenvalue weighted by molar-refractivity contribution is -0.118. The summed E-state index contributed by atoms with van der Waals surface area (Å²) >= 11 is 0. The molecule has 0 aliphatic carbocycles. The summed E-state index contributed by atoms with van der Waals surface area (Å²) in [5.74, 6) is 0.402. The molecule has 4 heteroatoms. The first kappa shape index (κ1) is 16.6. The zero-order valence-electron chi connectivity index (χ0n) is 13.6. The zero-order valence-corrected chi connectivity index (χ0v) is 13.6. The normalized spacial score (nSPS) is 10.7. The summed E-state index contributed by atoms with van der Waals surface area (Å²) in [6, 6.07) is 16.5. The third kappa shape index (κ3) is 4.86. The average Bonchev–Trinajstić information content (AvgIpc) is 2.52. The number of amides is 1. The number of carbonyl (C=O) groups is 1. The molecule has 0 aromatic heterocycles. The maximum atomic E-state index is 11.9. The number of hydrogen-bond acceptors (Lipinski definition) is 3. The molecule has 4 nitrogen and oxygen atoms in total. The van der Waals surface area contributed by atoms with Crippen molar-refractivity contribution in [2.24, 2.45) is 0 Å². The van der Waals surface area contributed by atoms with Gasteiger partial charge in [-0.2, -0.15) is 5.26 Å². The lowest BCUT2D eigenvalue weighted by Gasteiger charge is -2.19. The smallest absolute Gasteiger partial charge is 0.262 e. The Labute approximate surface area is 136 Å². The second-order valence-electron chi connectivity index (χ2n) is 6.31. The predicted octanol–water partition coefficient (Wildman–Crippen LogP) is 3.87. The molecule has 0 heterocycles. The Hall–Kier alpha value is -2.80. The number of rotatable bonds is 4. The highest BCUT2D eigenvalue weighted by molar-refractivity contribution is 5.92. The first-order valence-electron chi connectivity index (χ1n) is 7.42. The first-order valence-corrected chi connectivity index (χ1v) is 7.42. The molecule has 23 heavy (non-hydrogen) atoms. The molecule has 0 saturated carbocycles. The summed E-state index contributed by atoms with van der Waals surface area (Å²) in [6.07, 6.45) is 0. The van der Waals surface area contributed by atoms with Crippen molar-refractivity contribution in [1.82, 2.24) is 0 Å². The van der Waals surface area contributed by atoms with E-state index in [1.54, 1.807) is 24.3 Å². The van der Waals surface area contributed by atoms with Crippen LogP contribution in [0.1, 0.15) is 31.9 Å². The summed E-state index contributed by atoms with van der Waals surface area (Å²) in [5, 5.41) is 11.6. The van der Waals surface area contributed by atoms with E-state index in [9.17, 15) is 4.79 Å². The van der Waals surface area contributed by atoms with Crippen LogP contribution < -0.4 is 10.1 Å². The number of hydrogen-bond donors (Lipinski definition) is 1. The van der Waals surface area contributed by atoms with Crippen LogP contribution in [-0.2, 0) is 10.2 Å². The molecular formula is C19H20N2O2. The van der Waals surface area contributed by atoms with Gasteiger partial charge in [0.05, 0.1) is 11.6 Å². The molecule has 2 rings (SSSR count). The van der Waals surface area contributed by atoms with Gasteiger partial charge < -0.3 is 10.1 Å². The molecule has 2 aromatic carbocycles. The molecule has 0 radical (unpaired) electrons. The molecule has 0 aliphatic heterocycles. The standard InChI is InChI=1S/C19H20N2O2/c1-19(2,3)15-7-5-9-17(11-15)23-13-18(22)21-16-8-4-6-14(10-16)12-20/h4-11H,13H2,1-3H3,(H,21,22). The average molecular weight is 308 g/mol. The Morgan fingerprint density at radius 3 is 2.61 bits per heavy atom. The van der Waals surface area contributed by atoms with E-state index in [1.807, 2.05) is 30.3 Å². The molecule has 2 aromatic rings. The maximum Gasteiger partial charge on any atom is 0.262 e. The van der Waals surface area contributed by atoms with Gasteiger partial charge in [-0.15, -0.1) is 0 Å². The predicted molar refractivity (Wildman–Crippen MR) is 90.4 cm³/mol. The number of nitrogens with zero attached hydrogens (tertiary/aromatic N) is 1. The third-order valence-electron chi connectivity index (χ3n) is 3.35. The van der Waals surface area contributed by atoms with Gasteiger partial charge in [-0.25, -0.2) is 0 Å². The van der Waals surface area contributed by atoms with Crippen molar-refractivity contribution in [3.63, 3.8) is 0 Å². The van der Waals surface area contributed by atoms with Gasteiger partial charge in [0, 0.05) is 5.69 Å². The number of ether oxygens (including phenoxy) is 1. The molecule has 1 amide bonds. The van der Waals surface area contributed by atoms with E-state index in [0.29, 0.717) is 17.0 Å². The lowest BCUT2D eigenvalue weighted by atomic mass is 9.87. The highest BCUT2D eigenvalue weighted by atomic mass is 16.5. The summed E-state index contributed by atoms with van der Waals surface area (Å²) in [5.41, 5.74) is 2.26. The molecule has 1 N–H and O–H groups in total. The number of nitriles is 1. The Morgan fingerprint density at radius 1 is 1.17 bits per heavy atom. The second-order valence-corrected chi connectivity index (χ2v) is 6.31. The van der Waals surface area contributed by atoms with Crippen LogP contribution in [0.3, 0.4) is 0 Å². The summed E-state index contributed by atoms with van der Waals surface area (Å²) in [4.78, 5) is 11.9. The van der Waals surface area contributed by atoms with Gasteiger partial charge in [0.15, 0.2) is 6.61 Å². The van der Waals surface area contributed by atoms with Crippen LogP contribution in [0, 0.1) is 11.3 Å². The fourth-order valence-corrected chi connectivity index (χ4v) is 2.06. The first-order chi connectivity index (χ1) is 10.9. The number of carbonyl (C=O) groups excluding carboxylic acids is 1. The van der Waals surface area contributed by atoms with Gasteiger partial charge in [-0.05, 0) is 41.3 Å². The Kier molecular flexibility index (Phi) is 5.02. The molecular weight excluding hydrogens is 288 g/mol. The highest BCUT2D eigenvalue weighted by Crippen LogP contribution is 2.25. The fraction of sp³-hybridized carbons (Fsp3) is 0.263. The van der Waals surface area contributed by atoms with E-state index in [2.05, 4.69) is 26.1 Å². The molecule has 118 valence electrons. The number of anilines is 1. The van der Waals surface area contributed by atoms with E-state index in [0.717, 1.165) is 5.56 Å². The van der Waals surface area contributed by atoms with E-state index in [1.165, 1.54) is 0 Å². The van der Waals surface area contributed by atoms with Crippen LogP contribution in [0.4, 0.5) is 5.69 Å². The minimum Gasteiger partial charge on any atom is -0.484 e. The van der Waals surface area contributed by atoms with Crippen molar-refractivity contribution in [2.75, 3.05) is 11.9 Å². The number of nitrogens with one attached hydrogen (secondary N) is 1. The minimum atomic E-state index is -0.263. The van der Waals surface area contributed by atoms with E-state index in [4.69, 9.17) is 10.00 Å². The fourth-order valence-electron chi connectivity index (χ4n) is 2.06. The van der Waals surface area contributed by atoms with Crippen molar-refractivity contribution in [3.05, 3.63) is 59.7 Å². The molecule has 0 unspecified atom stereocenters. The Balaban J connectivity index is 1.95. The third-order valence-corrected chi connectivity index (χ3v) is 3.35. The van der Waals surface area contributed by atoms with E-state index >= 15 is 0 Å². The van der Waals surface area contributed by atoms with Crippen LogP contribution >= 0.6 is 0 Å². The van der Waals surface area contributed by atoms with Gasteiger partial charge in [0.1, 0.15) is 5.75 Å². The SMILES string of the molecule is CC(C)(C)c1cccc(OCC(=O)Nc2cccc(C#N)c2)c1. The molecule has 0 bridgehead atoms. The second kappa shape index (κ2) is 6.97. The van der Waals surface area contributed by atoms with Crippen LogP contribution in [0.15, 0.2) is 48.5 Å². The number of benzene rings is 2. The van der Waals surface area contributed by atoms with E-state index < -0.39 is 0 Å². The maximum absolute atomic E-state index is 11.9. The quantitative estimate of drug-likeness (QED) is 0.932. The van der Waals surface area contributed by atoms with Crippen molar-refractivity contribution < 1.29 is 9.53 Å². The van der Waals surface area contributed by atoms with Gasteiger partial charge in [0.25, 0.3) is 5.91 Å². The summed E-state index contributed by atoms with van der Waals surface area (Å²) in [7, 11) is 0. The van der Waals surface area contributed by atoms with Crippen LogP contribution in [0.2, 0.25) is 0 Å². The molecule has 0 atom stereocenters. The van der Waals surface area contributed by atoms with Crippen molar-refractivity contribution >= 4 is 11.6 Å². The Morgan fingerprint density at radius 2 is 1.91 bits per heavy atom. The van der Waals surface area contributed by atoms with Crippen molar-refractivity contribution in [1.29, 1.82) is 5.26 Å². The van der Waals surface area contributed by atoms with Crippen molar-refractivity contribution in [3.8, 4) is 11.8 Å². The molecule has 0 spiro atoms. The summed E-state index contributed by atoms with van der Waals surface area (Å²) in [6.45, 7) is 6.30. The topological polar surface area (TPSA) is 62.1 Å². The Bertz CT molecular complexity index is 740. The van der Waals surface area contributed by atoms with Crippen LogP contribution in [0.5, 0.6) is 5.75 Å². The lowest BCUT2D eigenvalue weighted by Crippen LogP contribution is -2.20. The van der Waals surface area contributed by atoms with Gasteiger partial charge in [-0.1, -0.05) is 39.0 Å². The highest BCUT2D eigenvalue weighted by Gasteiger charge is 2.14. The zero-order chi connectivity index (χ0) is 16.9. The van der Waals surface area contributed by atoms with Crippen LogP contribution in [0.25, 0.3) is 0 Å². The largest absolute Gasteiger partial charge is 0.484 e. The van der Waals surface area contributed by atoms with Gasteiger partial charge >= 0.3 is 0 Å². The monoisotopic (exact) mass is 308 g/mol. The van der Waals surface area contributed by atoms with E-state index in [-0.39, 0.29) is 17.9 Å². The minimum absolute atomic E-state index is 0.0271.